The molecule has 0 radical (unpaired) electrons. The second-order valence-corrected chi connectivity index (χ2v) is 14.8. The van der Waals surface area contributed by atoms with Gasteiger partial charge in [-0.15, -0.1) is 0 Å². The van der Waals surface area contributed by atoms with Crippen LogP contribution < -0.4 is 20.4 Å². The number of amides is 1. The number of piperidine rings is 1. The van der Waals surface area contributed by atoms with Crippen LogP contribution in [0.4, 0.5) is 36.4 Å². The first-order valence-electron chi connectivity index (χ1n) is 14.9. The number of carbonyl (C=O) groups is 1. The molecule has 2 atom stereocenters. The van der Waals surface area contributed by atoms with E-state index in [-0.39, 0.29) is 12.5 Å². The summed E-state index contributed by atoms with van der Waals surface area (Å²) in [6, 6.07) is 6.69. The molecule has 2 aliphatic rings. The Kier molecular flexibility index (Phi) is 8.70. The van der Waals surface area contributed by atoms with Gasteiger partial charge in [-0.1, -0.05) is 12.6 Å². The zero-order valence-electron chi connectivity index (χ0n) is 26.1. The second kappa shape index (κ2) is 12.0. The largest absolute Gasteiger partial charge is 0.497 e. The summed E-state index contributed by atoms with van der Waals surface area (Å²) in [6.45, 7) is 12.1. The SMILES string of the molecule is C=CC(=O)NC(C)(C)c1ccc(N2C[C@H](CS(=O)(=O)C(F)(F)F)[C@H]2C)c2cnc(Nc3ccnc(N4CCC(C)(O)CC4)n3)cc12. The Morgan fingerprint density at radius 2 is 1.85 bits per heavy atom. The third-order valence-corrected chi connectivity index (χ3v) is 10.5. The first kappa shape index (κ1) is 33.4. The molecular formula is C31H38F3N7O4S. The van der Waals surface area contributed by atoms with Crippen molar-refractivity contribution in [2.45, 2.75) is 63.2 Å². The molecule has 3 N–H and O–H groups in total. The first-order valence-corrected chi connectivity index (χ1v) is 16.6. The van der Waals surface area contributed by atoms with Crippen molar-refractivity contribution in [2.24, 2.45) is 5.92 Å². The zero-order valence-corrected chi connectivity index (χ0v) is 26.9. The topological polar surface area (TPSA) is 141 Å². The van der Waals surface area contributed by atoms with Crippen LogP contribution in [0.15, 0.2) is 49.3 Å². The van der Waals surface area contributed by atoms with E-state index in [0.29, 0.717) is 54.6 Å². The van der Waals surface area contributed by atoms with E-state index in [1.807, 2.05) is 48.8 Å². The number of aromatic nitrogens is 3. The molecule has 0 bridgehead atoms. The van der Waals surface area contributed by atoms with Crippen LogP contribution in [0, 0.1) is 5.92 Å². The molecule has 1 aromatic carbocycles. The number of alkyl halides is 3. The summed E-state index contributed by atoms with van der Waals surface area (Å²) in [5.74, 6) is -0.574. The second-order valence-electron chi connectivity index (χ2n) is 12.8. The Morgan fingerprint density at radius 1 is 1.15 bits per heavy atom. The zero-order chi connectivity index (χ0) is 33.7. The van der Waals surface area contributed by atoms with Crippen LogP contribution >= 0.6 is 0 Å². The summed E-state index contributed by atoms with van der Waals surface area (Å²) in [6.07, 6.45) is 5.65. The number of nitrogens with zero attached hydrogens (tertiary/aromatic N) is 5. The standard InChI is InChI=1S/C31H38F3N7O4S/c1-6-27(42)39-29(3,4)23-7-8-24(41-17-20(19(41)2)18-46(44,45)31(32,33)34)22-16-36-26(15-21(22)23)37-25-9-12-35-28(38-25)40-13-10-30(5,43)11-14-40/h6-9,12,15-16,19-20,43H,1,10-11,13-14,17-18H2,2-5H3,(H,39,42)(H,35,36,37,38)/t19-,20-/m1/s1. The Bertz CT molecular complexity index is 1750. The van der Waals surface area contributed by atoms with Crippen LogP contribution in [0.5, 0.6) is 0 Å². The number of benzene rings is 1. The quantitative estimate of drug-likeness (QED) is 0.283. The number of halogens is 3. The highest BCUT2D eigenvalue weighted by molar-refractivity contribution is 7.92. The Balaban J connectivity index is 1.47. The maximum Gasteiger partial charge on any atom is 0.497 e. The van der Waals surface area contributed by atoms with Gasteiger partial charge in [0.25, 0.3) is 0 Å². The van der Waals surface area contributed by atoms with Crippen molar-refractivity contribution in [1.82, 2.24) is 20.3 Å². The summed E-state index contributed by atoms with van der Waals surface area (Å²) in [5, 5.41) is 17.9. The number of sulfone groups is 1. The number of fused-ring (bicyclic) bond motifs is 1. The third kappa shape index (κ3) is 6.75. The highest BCUT2D eigenvalue weighted by atomic mass is 32.2. The third-order valence-electron chi connectivity index (χ3n) is 8.90. The Labute approximate surface area is 265 Å². The molecule has 15 heteroatoms. The fourth-order valence-electron chi connectivity index (χ4n) is 5.98. The maximum absolute atomic E-state index is 13.0. The molecule has 2 aromatic heterocycles. The van der Waals surface area contributed by atoms with Crippen molar-refractivity contribution < 1.29 is 31.5 Å². The van der Waals surface area contributed by atoms with E-state index >= 15 is 0 Å². The van der Waals surface area contributed by atoms with Crippen LogP contribution in [-0.4, -0.2) is 76.9 Å². The van der Waals surface area contributed by atoms with Gasteiger partial charge in [-0.25, -0.2) is 18.4 Å². The van der Waals surface area contributed by atoms with Gasteiger partial charge in [-0.05, 0) is 75.8 Å². The molecule has 0 unspecified atom stereocenters. The van der Waals surface area contributed by atoms with E-state index in [4.69, 9.17) is 0 Å². The molecule has 0 spiro atoms. The minimum atomic E-state index is -5.30. The molecule has 11 nitrogen and oxygen atoms in total. The Morgan fingerprint density at radius 3 is 2.48 bits per heavy atom. The number of rotatable bonds is 9. The molecule has 248 valence electrons. The highest BCUT2D eigenvalue weighted by Crippen LogP contribution is 2.41. The average molecular weight is 662 g/mol. The number of hydrogen-bond acceptors (Lipinski definition) is 10. The molecule has 2 fully saturated rings. The fourth-order valence-corrected chi connectivity index (χ4v) is 7.11. The van der Waals surface area contributed by atoms with E-state index in [1.54, 1.807) is 25.4 Å². The number of carbonyl (C=O) groups excluding carboxylic acids is 1. The van der Waals surface area contributed by atoms with E-state index < -0.39 is 44.2 Å². The van der Waals surface area contributed by atoms with Gasteiger partial charge in [0.2, 0.25) is 21.7 Å². The fraction of sp³-hybridized carbons (Fsp3) is 0.484. The van der Waals surface area contributed by atoms with E-state index in [1.165, 1.54) is 6.08 Å². The van der Waals surface area contributed by atoms with Gasteiger partial charge >= 0.3 is 5.51 Å². The lowest BCUT2D eigenvalue weighted by molar-refractivity contribution is -0.118. The predicted octanol–water partition coefficient (Wildman–Crippen LogP) is 4.42. The minimum absolute atomic E-state index is 0.122. The molecule has 2 aliphatic heterocycles. The van der Waals surface area contributed by atoms with Crippen LogP contribution in [0.2, 0.25) is 0 Å². The van der Waals surface area contributed by atoms with Crippen LogP contribution in [0.25, 0.3) is 10.8 Å². The van der Waals surface area contributed by atoms with E-state index in [0.717, 1.165) is 10.9 Å². The van der Waals surface area contributed by atoms with Crippen LogP contribution in [-0.2, 0) is 20.2 Å². The van der Waals surface area contributed by atoms with Crippen LogP contribution in [0.1, 0.15) is 46.1 Å². The highest BCUT2D eigenvalue weighted by Gasteiger charge is 2.50. The van der Waals surface area contributed by atoms with Crippen molar-refractivity contribution in [1.29, 1.82) is 0 Å². The van der Waals surface area contributed by atoms with Gasteiger partial charge in [0, 0.05) is 55.1 Å². The van der Waals surface area contributed by atoms with Crippen molar-refractivity contribution in [3.63, 3.8) is 0 Å². The van der Waals surface area contributed by atoms with Crippen molar-refractivity contribution in [3.8, 4) is 0 Å². The number of aliphatic hydroxyl groups is 1. The van der Waals surface area contributed by atoms with Gasteiger partial charge in [-0.2, -0.15) is 18.2 Å². The van der Waals surface area contributed by atoms with Crippen molar-refractivity contribution >= 4 is 49.8 Å². The lowest BCUT2D eigenvalue weighted by Gasteiger charge is -2.48. The Hall–Kier alpha value is -3.98. The maximum atomic E-state index is 13.0. The smallest absolute Gasteiger partial charge is 0.390 e. The normalized spacial score (nSPS) is 20.3. The molecule has 0 aliphatic carbocycles. The summed E-state index contributed by atoms with van der Waals surface area (Å²) in [4.78, 5) is 29.8. The lowest BCUT2D eigenvalue weighted by Crippen LogP contribution is -2.58. The molecule has 2 saturated heterocycles. The number of pyridine rings is 1. The van der Waals surface area contributed by atoms with Crippen LogP contribution in [0.3, 0.4) is 0 Å². The van der Waals surface area contributed by atoms with Gasteiger partial charge in [0.05, 0.1) is 16.9 Å². The van der Waals surface area contributed by atoms with Gasteiger partial charge < -0.3 is 25.5 Å². The number of anilines is 4. The predicted molar refractivity (Wildman–Crippen MR) is 171 cm³/mol. The molecule has 0 saturated carbocycles. The van der Waals surface area contributed by atoms with Gasteiger partial charge in [-0.3, -0.25) is 4.79 Å². The van der Waals surface area contributed by atoms with E-state index in [2.05, 4.69) is 32.2 Å². The van der Waals surface area contributed by atoms with Gasteiger partial charge in [0.1, 0.15) is 11.6 Å². The molecule has 3 aromatic rings. The molecular weight excluding hydrogens is 623 g/mol. The summed E-state index contributed by atoms with van der Waals surface area (Å²) < 4.78 is 62.8. The van der Waals surface area contributed by atoms with Crippen molar-refractivity contribution in [2.75, 3.05) is 40.5 Å². The number of hydrogen-bond donors (Lipinski definition) is 3. The average Bonchev–Trinajstić information content (AvgIpc) is 2.97. The minimum Gasteiger partial charge on any atom is -0.390 e. The summed E-state index contributed by atoms with van der Waals surface area (Å²) in [5.41, 5.74) is -5.44. The lowest BCUT2D eigenvalue weighted by atomic mass is 9.86. The van der Waals surface area contributed by atoms with Gasteiger partial charge in [0.15, 0.2) is 0 Å². The molecule has 5 rings (SSSR count). The molecule has 46 heavy (non-hydrogen) atoms. The summed E-state index contributed by atoms with van der Waals surface area (Å²) in [7, 11) is -5.25. The van der Waals surface area contributed by atoms with E-state index in [9.17, 15) is 31.5 Å². The monoisotopic (exact) mass is 661 g/mol. The number of nitrogens with one attached hydrogen (secondary N) is 2. The van der Waals surface area contributed by atoms with Crippen molar-refractivity contribution in [3.05, 3.63) is 54.9 Å². The molecule has 4 heterocycles. The summed E-state index contributed by atoms with van der Waals surface area (Å²) >= 11 is 0. The molecule has 1 amide bonds. The first-order chi connectivity index (χ1) is 21.4.